The number of nitrogens with zero attached hydrogens (tertiary/aromatic N) is 1. The van der Waals surface area contributed by atoms with E-state index < -0.39 is 26.7 Å². The topological polar surface area (TPSA) is 71.1 Å². The van der Waals surface area contributed by atoms with Gasteiger partial charge in [-0.2, -0.15) is 4.39 Å². The fourth-order valence-electron chi connectivity index (χ4n) is 2.64. The summed E-state index contributed by atoms with van der Waals surface area (Å²) in [4.78, 5) is 2.71. The van der Waals surface area contributed by atoms with Crippen molar-refractivity contribution >= 4 is 44.7 Å². The Kier molecular flexibility index (Phi) is 6.26. The molecule has 0 aliphatic carbocycles. The molecule has 3 aromatic rings. The van der Waals surface area contributed by atoms with E-state index in [-0.39, 0.29) is 22.6 Å². The van der Waals surface area contributed by atoms with Gasteiger partial charge in [0.05, 0.1) is 16.8 Å². The molecule has 0 radical (unpaired) electrons. The van der Waals surface area contributed by atoms with Crippen LogP contribution in [0.15, 0.2) is 59.5 Å². The molecule has 0 bridgehead atoms. The van der Waals surface area contributed by atoms with Crippen LogP contribution in [0.4, 0.5) is 20.3 Å². The molecule has 0 saturated heterocycles. The van der Waals surface area contributed by atoms with Crippen molar-refractivity contribution < 1.29 is 17.2 Å². The number of nitrogens with one attached hydrogen (secondary N) is 2. The normalized spacial score (nSPS) is 12.4. The lowest BCUT2D eigenvalue weighted by Crippen LogP contribution is -2.16. The van der Waals surface area contributed by atoms with Gasteiger partial charge >= 0.3 is 0 Å². The summed E-state index contributed by atoms with van der Waals surface area (Å²) in [7, 11) is -4.37. The minimum Gasteiger partial charge on any atom is -0.377 e. The van der Waals surface area contributed by atoms with Crippen LogP contribution in [0.1, 0.15) is 18.5 Å². The largest absolute Gasteiger partial charge is 0.377 e. The molecule has 29 heavy (non-hydrogen) atoms. The summed E-state index contributed by atoms with van der Waals surface area (Å²) in [6.07, 6.45) is 0. The third kappa shape index (κ3) is 4.95. The van der Waals surface area contributed by atoms with Crippen LogP contribution in [0.2, 0.25) is 10.0 Å². The Balaban J connectivity index is 1.88. The van der Waals surface area contributed by atoms with Crippen molar-refractivity contribution in [3.8, 4) is 0 Å². The van der Waals surface area contributed by atoms with Crippen LogP contribution in [-0.2, 0) is 10.0 Å². The Morgan fingerprint density at radius 1 is 1.00 bits per heavy atom. The Labute approximate surface area is 176 Å². The van der Waals surface area contributed by atoms with Crippen LogP contribution in [0.25, 0.3) is 0 Å². The summed E-state index contributed by atoms with van der Waals surface area (Å²) in [6.45, 7) is 1.80. The Bertz CT molecular complexity index is 1160. The van der Waals surface area contributed by atoms with Crippen molar-refractivity contribution in [1.82, 2.24) is 4.98 Å². The molecule has 0 fully saturated rings. The molecule has 0 aliphatic rings. The maximum atomic E-state index is 14.6. The number of hydrogen-bond donors (Lipinski definition) is 2. The molecule has 5 nitrogen and oxygen atoms in total. The predicted molar refractivity (Wildman–Crippen MR) is 110 cm³/mol. The summed E-state index contributed by atoms with van der Waals surface area (Å²) in [5, 5.41) is 3.52. The zero-order chi connectivity index (χ0) is 21.2. The lowest BCUT2D eigenvalue weighted by molar-refractivity contribution is 0.569. The van der Waals surface area contributed by atoms with Gasteiger partial charge in [-0.1, -0.05) is 47.5 Å². The van der Waals surface area contributed by atoms with E-state index in [9.17, 15) is 17.2 Å². The fraction of sp³-hybridized carbons (Fsp3) is 0.105. The number of pyridine rings is 1. The molecular weight excluding hydrogens is 443 g/mol. The number of anilines is 2. The van der Waals surface area contributed by atoms with Gasteiger partial charge in [-0.25, -0.2) is 17.8 Å². The zero-order valence-electron chi connectivity index (χ0n) is 15.0. The molecular formula is C19H15Cl2F2N3O2S. The highest BCUT2D eigenvalue weighted by molar-refractivity contribution is 7.92. The third-order valence-corrected chi connectivity index (χ3v) is 6.04. The lowest BCUT2D eigenvalue weighted by Gasteiger charge is -2.19. The standard InChI is InChI=1S/C19H15Cl2F2N3O2S/c1-11(12-5-2-3-6-13(12)20)24-16-10-15(22)17(9-14(16)21)29(27,28)26-19-8-4-7-18(23)25-19/h2-11,24H,1H3,(H,25,26). The van der Waals surface area contributed by atoms with E-state index >= 15 is 0 Å². The summed E-state index contributed by atoms with van der Waals surface area (Å²) < 4.78 is 54.7. The zero-order valence-corrected chi connectivity index (χ0v) is 17.3. The molecule has 0 saturated carbocycles. The minimum atomic E-state index is -4.37. The SMILES string of the molecule is CC(Nc1cc(F)c(S(=O)(=O)Nc2cccc(F)n2)cc1Cl)c1ccccc1Cl. The first-order chi connectivity index (χ1) is 13.7. The van der Waals surface area contributed by atoms with E-state index in [0.29, 0.717) is 5.02 Å². The van der Waals surface area contributed by atoms with Gasteiger partial charge in [-0.15, -0.1) is 0 Å². The second kappa shape index (κ2) is 8.52. The van der Waals surface area contributed by atoms with Crippen LogP contribution in [0.5, 0.6) is 0 Å². The highest BCUT2D eigenvalue weighted by Gasteiger charge is 2.23. The number of halogens is 4. The van der Waals surface area contributed by atoms with Crippen LogP contribution in [0, 0.1) is 11.8 Å². The monoisotopic (exact) mass is 457 g/mol. The van der Waals surface area contributed by atoms with E-state index in [1.165, 1.54) is 12.1 Å². The second-order valence-electron chi connectivity index (χ2n) is 6.10. The highest BCUT2D eigenvalue weighted by Crippen LogP contribution is 2.33. The minimum absolute atomic E-state index is 0.0159. The highest BCUT2D eigenvalue weighted by atomic mass is 35.5. The van der Waals surface area contributed by atoms with E-state index in [1.807, 2.05) is 10.8 Å². The molecule has 1 atom stereocenters. The van der Waals surface area contributed by atoms with Crippen molar-refractivity contribution in [3.63, 3.8) is 0 Å². The number of hydrogen-bond acceptors (Lipinski definition) is 4. The molecule has 0 amide bonds. The average molecular weight is 458 g/mol. The molecule has 10 heteroatoms. The Hall–Kier alpha value is -2.42. The first kappa shape index (κ1) is 21.3. The quantitative estimate of drug-likeness (QED) is 0.469. The molecule has 2 aromatic carbocycles. The van der Waals surface area contributed by atoms with E-state index in [1.54, 1.807) is 25.1 Å². The lowest BCUT2D eigenvalue weighted by atomic mass is 10.1. The van der Waals surface area contributed by atoms with Gasteiger partial charge in [-0.05, 0) is 42.8 Å². The van der Waals surface area contributed by atoms with Crippen molar-refractivity contribution in [2.75, 3.05) is 10.0 Å². The first-order valence-corrected chi connectivity index (χ1v) is 10.6. The van der Waals surface area contributed by atoms with Crippen LogP contribution in [0.3, 0.4) is 0 Å². The van der Waals surface area contributed by atoms with Crippen molar-refractivity contribution in [2.45, 2.75) is 17.9 Å². The number of benzene rings is 2. The van der Waals surface area contributed by atoms with Crippen molar-refractivity contribution in [1.29, 1.82) is 0 Å². The number of rotatable bonds is 6. The Morgan fingerprint density at radius 2 is 1.72 bits per heavy atom. The molecule has 2 N–H and O–H groups in total. The molecule has 1 heterocycles. The molecule has 152 valence electrons. The maximum absolute atomic E-state index is 14.6. The summed E-state index contributed by atoms with van der Waals surface area (Å²) in [6, 6.07) is 12.3. The van der Waals surface area contributed by atoms with Gasteiger partial charge in [0.2, 0.25) is 5.95 Å². The van der Waals surface area contributed by atoms with Crippen molar-refractivity contribution in [2.24, 2.45) is 0 Å². The smallest absolute Gasteiger partial charge is 0.266 e. The van der Waals surface area contributed by atoms with Gasteiger partial charge in [0.25, 0.3) is 10.0 Å². The van der Waals surface area contributed by atoms with Crippen LogP contribution in [-0.4, -0.2) is 13.4 Å². The molecule has 1 unspecified atom stereocenters. The van der Waals surface area contributed by atoms with Crippen LogP contribution < -0.4 is 10.0 Å². The average Bonchev–Trinajstić information content (AvgIpc) is 2.64. The third-order valence-electron chi connectivity index (χ3n) is 4.01. The van der Waals surface area contributed by atoms with Crippen molar-refractivity contribution in [3.05, 3.63) is 82.0 Å². The predicted octanol–water partition coefficient (Wildman–Crippen LogP) is 5.64. The molecule has 1 aromatic heterocycles. The number of aromatic nitrogens is 1. The summed E-state index contributed by atoms with van der Waals surface area (Å²) >= 11 is 12.3. The van der Waals surface area contributed by atoms with Gasteiger partial charge in [-0.3, -0.25) is 4.72 Å². The maximum Gasteiger partial charge on any atom is 0.266 e. The van der Waals surface area contributed by atoms with Gasteiger partial charge in [0, 0.05) is 5.02 Å². The van der Waals surface area contributed by atoms with E-state index in [2.05, 4.69) is 10.3 Å². The summed E-state index contributed by atoms with van der Waals surface area (Å²) in [5.74, 6) is -2.20. The number of sulfonamides is 1. The van der Waals surface area contributed by atoms with Gasteiger partial charge in [0.1, 0.15) is 16.5 Å². The fourth-order valence-corrected chi connectivity index (χ4v) is 4.31. The summed E-state index contributed by atoms with van der Waals surface area (Å²) in [5.41, 5.74) is 0.959. The van der Waals surface area contributed by atoms with Gasteiger partial charge in [0.15, 0.2) is 0 Å². The van der Waals surface area contributed by atoms with E-state index in [4.69, 9.17) is 23.2 Å². The molecule has 3 rings (SSSR count). The van der Waals surface area contributed by atoms with E-state index in [0.717, 1.165) is 23.8 Å². The second-order valence-corrected chi connectivity index (χ2v) is 8.57. The Morgan fingerprint density at radius 3 is 2.41 bits per heavy atom. The van der Waals surface area contributed by atoms with Gasteiger partial charge < -0.3 is 5.32 Å². The van der Waals surface area contributed by atoms with Crippen LogP contribution >= 0.6 is 23.2 Å². The first-order valence-electron chi connectivity index (χ1n) is 8.33. The molecule has 0 spiro atoms. The molecule has 0 aliphatic heterocycles.